The molecule has 30 heavy (non-hydrogen) atoms. The number of pyridine rings is 1. The lowest BCUT2D eigenvalue weighted by Crippen LogP contribution is -2.15. The maximum atomic E-state index is 12.6. The fraction of sp³-hybridized carbons (Fsp3) is 0.0952. The van der Waals surface area contributed by atoms with E-state index >= 15 is 0 Å². The normalized spacial score (nSPS) is 11.2. The number of fused-ring (bicyclic) bond motifs is 2. The van der Waals surface area contributed by atoms with Gasteiger partial charge >= 0.3 is 0 Å². The van der Waals surface area contributed by atoms with Gasteiger partial charge in [0.25, 0.3) is 0 Å². The van der Waals surface area contributed by atoms with Gasteiger partial charge in [-0.2, -0.15) is 0 Å². The SMILES string of the molecule is Nc1nonc1-c1nc2ccccc2n1CCC(=O)Nc1ccc2ncccc2c1. The topological polar surface area (TPSA) is 125 Å². The standard InChI is InChI=1S/C21H17N7O2/c22-20-19(26-30-27-20)21-25-16-5-1-2-6-17(16)28(21)11-9-18(29)24-14-7-8-15-13(12-14)4-3-10-23-15/h1-8,10,12H,9,11H2,(H2,22,27)(H,24,29). The Labute approximate surface area is 170 Å². The van der Waals surface area contributed by atoms with Crippen molar-refractivity contribution in [3.05, 3.63) is 60.8 Å². The number of carbonyl (C=O) groups excluding carboxylic acids is 1. The summed E-state index contributed by atoms with van der Waals surface area (Å²) in [5, 5.41) is 11.4. The summed E-state index contributed by atoms with van der Waals surface area (Å²) >= 11 is 0. The number of amides is 1. The molecule has 3 aromatic heterocycles. The fourth-order valence-corrected chi connectivity index (χ4v) is 3.42. The van der Waals surface area contributed by atoms with Gasteiger partial charge in [-0.25, -0.2) is 9.61 Å². The Bertz CT molecular complexity index is 1370. The minimum atomic E-state index is -0.117. The summed E-state index contributed by atoms with van der Waals surface area (Å²) in [4.78, 5) is 21.5. The lowest BCUT2D eigenvalue weighted by Gasteiger charge is -2.09. The van der Waals surface area contributed by atoms with Gasteiger partial charge in [0.05, 0.1) is 16.6 Å². The van der Waals surface area contributed by atoms with E-state index in [2.05, 4.69) is 25.6 Å². The Hall–Kier alpha value is -4.27. The highest BCUT2D eigenvalue weighted by atomic mass is 16.6. The van der Waals surface area contributed by atoms with Crippen LogP contribution in [0.4, 0.5) is 11.5 Å². The molecule has 5 rings (SSSR count). The average molecular weight is 399 g/mol. The molecule has 0 saturated heterocycles. The van der Waals surface area contributed by atoms with Crippen molar-refractivity contribution in [2.45, 2.75) is 13.0 Å². The summed E-state index contributed by atoms with van der Waals surface area (Å²) in [5.74, 6) is 0.550. The van der Waals surface area contributed by atoms with Crippen molar-refractivity contribution in [2.75, 3.05) is 11.1 Å². The zero-order valence-corrected chi connectivity index (χ0v) is 15.8. The van der Waals surface area contributed by atoms with Crippen molar-refractivity contribution < 1.29 is 9.42 Å². The zero-order chi connectivity index (χ0) is 20.5. The number of imidazole rings is 1. The molecule has 0 aliphatic heterocycles. The van der Waals surface area contributed by atoms with Crippen LogP contribution in [0.15, 0.2) is 65.4 Å². The number of rotatable bonds is 5. The molecule has 5 aromatic rings. The lowest BCUT2D eigenvalue weighted by molar-refractivity contribution is -0.116. The second-order valence-electron chi connectivity index (χ2n) is 6.78. The minimum Gasteiger partial charge on any atom is -0.379 e. The van der Waals surface area contributed by atoms with Crippen LogP contribution in [-0.4, -0.2) is 30.8 Å². The first kappa shape index (κ1) is 17.8. The number of nitrogens with zero attached hydrogens (tertiary/aromatic N) is 5. The van der Waals surface area contributed by atoms with Gasteiger partial charge in [-0.15, -0.1) is 0 Å². The molecule has 0 atom stereocenters. The molecule has 2 aromatic carbocycles. The van der Waals surface area contributed by atoms with Gasteiger partial charge in [0, 0.05) is 30.2 Å². The summed E-state index contributed by atoms with van der Waals surface area (Å²) in [6.45, 7) is 0.392. The molecule has 0 bridgehead atoms. The van der Waals surface area contributed by atoms with Crippen LogP contribution in [0.5, 0.6) is 0 Å². The van der Waals surface area contributed by atoms with E-state index in [0.717, 1.165) is 27.6 Å². The van der Waals surface area contributed by atoms with Crippen LogP contribution < -0.4 is 11.1 Å². The summed E-state index contributed by atoms with van der Waals surface area (Å²) in [7, 11) is 0. The van der Waals surface area contributed by atoms with Crippen LogP contribution >= 0.6 is 0 Å². The molecule has 1 amide bonds. The maximum Gasteiger partial charge on any atom is 0.226 e. The van der Waals surface area contributed by atoms with Gasteiger partial charge in [0.2, 0.25) is 5.91 Å². The van der Waals surface area contributed by atoms with Crippen molar-refractivity contribution >= 4 is 39.3 Å². The molecule has 3 N–H and O–H groups in total. The number of anilines is 2. The predicted molar refractivity (Wildman–Crippen MR) is 112 cm³/mol. The molecular weight excluding hydrogens is 382 g/mol. The number of para-hydroxylation sites is 2. The molecule has 148 valence electrons. The van der Waals surface area contributed by atoms with Crippen molar-refractivity contribution in [1.29, 1.82) is 0 Å². The lowest BCUT2D eigenvalue weighted by atomic mass is 10.2. The second-order valence-corrected chi connectivity index (χ2v) is 6.78. The first-order valence-corrected chi connectivity index (χ1v) is 9.37. The highest BCUT2D eigenvalue weighted by Gasteiger charge is 2.19. The summed E-state index contributed by atoms with van der Waals surface area (Å²) in [6, 6.07) is 17.1. The monoisotopic (exact) mass is 399 g/mol. The number of aryl methyl sites for hydroxylation is 1. The first-order valence-electron chi connectivity index (χ1n) is 9.37. The van der Waals surface area contributed by atoms with Gasteiger partial charge in [-0.3, -0.25) is 9.78 Å². The van der Waals surface area contributed by atoms with Crippen molar-refractivity contribution in [1.82, 2.24) is 24.8 Å². The van der Waals surface area contributed by atoms with Gasteiger partial charge < -0.3 is 15.6 Å². The summed E-state index contributed by atoms with van der Waals surface area (Å²) < 4.78 is 6.63. The van der Waals surface area contributed by atoms with Gasteiger partial charge in [0.15, 0.2) is 17.3 Å². The van der Waals surface area contributed by atoms with Crippen LogP contribution in [0.25, 0.3) is 33.5 Å². The molecule has 0 fully saturated rings. The van der Waals surface area contributed by atoms with Crippen molar-refractivity contribution in [3.63, 3.8) is 0 Å². The smallest absolute Gasteiger partial charge is 0.226 e. The summed E-state index contributed by atoms with van der Waals surface area (Å²) in [6.07, 6.45) is 1.98. The van der Waals surface area contributed by atoms with E-state index in [1.807, 2.05) is 59.2 Å². The van der Waals surface area contributed by atoms with Gasteiger partial charge in [0.1, 0.15) is 0 Å². The second kappa shape index (κ2) is 7.28. The van der Waals surface area contributed by atoms with Crippen molar-refractivity contribution in [2.24, 2.45) is 0 Å². The summed E-state index contributed by atoms with van der Waals surface area (Å²) in [5.41, 5.74) is 9.47. The highest BCUT2D eigenvalue weighted by molar-refractivity contribution is 5.93. The van der Waals surface area contributed by atoms with E-state index in [9.17, 15) is 4.79 Å². The van der Waals surface area contributed by atoms with Crippen LogP contribution in [-0.2, 0) is 11.3 Å². The van der Waals surface area contributed by atoms with E-state index in [1.54, 1.807) is 6.20 Å². The number of hydrogen-bond donors (Lipinski definition) is 2. The third kappa shape index (κ3) is 3.22. The van der Waals surface area contributed by atoms with Crippen molar-refractivity contribution in [3.8, 4) is 11.5 Å². The van der Waals surface area contributed by atoms with Gasteiger partial charge in [-0.1, -0.05) is 18.2 Å². The number of aromatic nitrogens is 5. The number of nitrogen functional groups attached to an aromatic ring is 1. The molecule has 0 spiro atoms. The van der Waals surface area contributed by atoms with E-state index < -0.39 is 0 Å². The first-order chi connectivity index (χ1) is 14.7. The zero-order valence-electron chi connectivity index (χ0n) is 15.8. The van der Waals surface area contributed by atoms with E-state index in [1.165, 1.54) is 0 Å². The molecule has 0 radical (unpaired) electrons. The fourth-order valence-electron chi connectivity index (χ4n) is 3.42. The van der Waals surface area contributed by atoms with E-state index in [0.29, 0.717) is 18.1 Å². The Morgan fingerprint density at radius 3 is 2.83 bits per heavy atom. The van der Waals surface area contributed by atoms with Crippen LogP contribution in [0.2, 0.25) is 0 Å². The third-order valence-corrected chi connectivity index (χ3v) is 4.83. The van der Waals surface area contributed by atoms with Crippen LogP contribution in [0.1, 0.15) is 6.42 Å². The molecular formula is C21H17N7O2. The molecule has 9 heteroatoms. The Morgan fingerprint density at radius 1 is 1.07 bits per heavy atom. The highest BCUT2D eigenvalue weighted by Crippen LogP contribution is 2.27. The Kier molecular flexibility index (Phi) is 4.32. The largest absolute Gasteiger partial charge is 0.379 e. The van der Waals surface area contributed by atoms with Crippen LogP contribution in [0, 0.1) is 0 Å². The number of hydrogen-bond acceptors (Lipinski definition) is 7. The molecule has 9 nitrogen and oxygen atoms in total. The maximum absolute atomic E-state index is 12.6. The molecule has 3 heterocycles. The van der Waals surface area contributed by atoms with Gasteiger partial charge in [-0.05, 0) is 46.7 Å². The Balaban J connectivity index is 1.39. The van der Waals surface area contributed by atoms with E-state index in [4.69, 9.17) is 10.4 Å². The molecule has 0 unspecified atom stereocenters. The number of nitrogens with two attached hydrogens (primary N) is 1. The average Bonchev–Trinajstić information content (AvgIpc) is 3.35. The molecule has 0 aliphatic carbocycles. The number of benzene rings is 2. The van der Waals surface area contributed by atoms with Crippen LogP contribution in [0.3, 0.4) is 0 Å². The number of nitrogens with one attached hydrogen (secondary N) is 1. The van der Waals surface area contributed by atoms with E-state index in [-0.39, 0.29) is 18.1 Å². The minimum absolute atomic E-state index is 0.117. The molecule has 0 aliphatic rings. The molecule has 0 saturated carbocycles. The third-order valence-electron chi connectivity index (χ3n) is 4.83. The quantitative estimate of drug-likeness (QED) is 0.465. The predicted octanol–water partition coefficient (Wildman–Crippen LogP) is 3.25. The Morgan fingerprint density at radius 2 is 1.97 bits per heavy atom. The number of carbonyl (C=O) groups is 1.